The SMILES string of the molecule is Nc1ccc(Br)cc1C(=O)NCC1CCSCC1. The van der Waals surface area contributed by atoms with Gasteiger partial charge in [0.2, 0.25) is 0 Å². The Labute approximate surface area is 120 Å². The van der Waals surface area contributed by atoms with Crippen molar-refractivity contribution in [2.24, 2.45) is 5.92 Å². The van der Waals surface area contributed by atoms with Gasteiger partial charge in [0.1, 0.15) is 0 Å². The lowest BCUT2D eigenvalue weighted by Crippen LogP contribution is -2.31. The molecule has 5 heteroatoms. The first kappa shape index (κ1) is 13.7. The van der Waals surface area contributed by atoms with E-state index in [0.717, 1.165) is 11.0 Å². The average Bonchev–Trinajstić information content (AvgIpc) is 2.40. The Hall–Kier alpha value is -0.680. The highest BCUT2D eigenvalue weighted by Crippen LogP contribution is 2.22. The minimum Gasteiger partial charge on any atom is -0.398 e. The molecule has 2 rings (SSSR count). The molecule has 1 aromatic carbocycles. The standard InChI is InChI=1S/C13H17BrN2OS/c14-10-1-2-12(15)11(7-10)13(17)16-8-9-3-5-18-6-4-9/h1-2,7,9H,3-6,8,15H2,(H,16,17). The highest BCUT2D eigenvalue weighted by atomic mass is 79.9. The van der Waals surface area contributed by atoms with Gasteiger partial charge in [0.15, 0.2) is 0 Å². The van der Waals surface area contributed by atoms with Crippen molar-refractivity contribution in [3.05, 3.63) is 28.2 Å². The largest absolute Gasteiger partial charge is 0.398 e. The molecule has 98 valence electrons. The lowest BCUT2D eigenvalue weighted by molar-refractivity contribution is 0.0947. The van der Waals surface area contributed by atoms with Crippen LogP contribution in [0.2, 0.25) is 0 Å². The fourth-order valence-electron chi connectivity index (χ4n) is 2.01. The number of amides is 1. The second-order valence-corrected chi connectivity index (χ2v) is 6.64. The molecule has 0 spiro atoms. The molecular weight excluding hydrogens is 312 g/mol. The maximum atomic E-state index is 12.0. The molecule has 0 radical (unpaired) electrons. The summed E-state index contributed by atoms with van der Waals surface area (Å²) in [6, 6.07) is 5.35. The number of carbonyl (C=O) groups is 1. The summed E-state index contributed by atoms with van der Waals surface area (Å²) in [5, 5.41) is 2.99. The van der Waals surface area contributed by atoms with Crippen LogP contribution in [0.25, 0.3) is 0 Å². The number of nitrogen functional groups attached to an aromatic ring is 1. The minimum absolute atomic E-state index is 0.0768. The maximum Gasteiger partial charge on any atom is 0.253 e. The van der Waals surface area contributed by atoms with Crippen LogP contribution in [0.5, 0.6) is 0 Å². The zero-order valence-corrected chi connectivity index (χ0v) is 12.5. The Bertz CT molecular complexity index is 433. The summed E-state index contributed by atoms with van der Waals surface area (Å²) in [4.78, 5) is 12.0. The Morgan fingerprint density at radius 3 is 2.89 bits per heavy atom. The van der Waals surface area contributed by atoms with E-state index in [4.69, 9.17) is 5.73 Å². The lowest BCUT2D eigenvalue weighted by Gasteiger charge is -2.21. The van der Waals surface area contributed by atoms with Crippen molar-refractivity contribution in [3.8, 4) is 0 Å². The van der Waals surface area contributed by atoms with Gasteiger partial charge in [0.05, 0.1) is 5.56 Å². The summed E-state index contributed by atoms with van der Waals surface area (Å²) in [7, 11) is 0. The van der Waals surface area contributed by atoms with E-state index in [2.05, 4.69) is 21.2 Å². The van der Waals surface area contributed by atoms with E-state index in [9.17, 15) is 4.79 Å². The van der Waals surface area contributed by atoms with E-state index in [-0.39, 0.29) is 5.91 Å². The summed E-state index contributed by atoms with van der Waals surface area (Å²) in [6.07, 6.45) is 2.39. The van der Waals surface area contributed by atoms with Gasteiger partial charge < -0.3 is 11.1 Å². The number of halogens is 1. The Morgan fingerprint density at radius 1 is 1.44 bits per heavy atom. The smallest absolute Gasteiger partial charge is 0.253 e. The van der Waals surface area contributed by atoms with Crippen LogP contribution in [0.1, 0.15) is 23.2 Å². The third-order valence-corrected chi connectivity index (χ3v) is 4.69. The molecule has 0 aromatic heterocycles. The topological polar surface area (TPSA) is 55.1 Å². The van der Waals surface area contributed by atoms with Crippen molar-refractivity contribution >= 4 is 39.3 Å². The maximum absolute atomic E-state index is 12.0. The van der Waals surface area contributed by atoms with Crippen LogP contribution in [-0.4, -0.2) is 24.0 Å². The minimum atomic E-state index is -0.0768. The molecule has 3 nitrogen and oxygen atoms in total. The molecule has 1 aliphatic heterocycles. The van der Waals surface area contributed by atoms with E-state index in [1.165, 1.54) is 24.3 Å². The van der Waals surface area contributed by atoms with E-state index in [0.29, 0.717) is 17.2 Å². The Morgan fingerprint density at radius 2 is 2.17 bits per heavy atom. The fraction of sp³-hybridized carbons (Fsp3) is 0.462. The highest BCUT2D eigenvalue weighted by Gasteiger charge is 2.16. The molecule has 1 aromatic rings. The van der Waals surface area contributed by atoms with Gasteiger partial charge in [-0.1, -0.05) is 15.9 Å². The van der Waals surface area contributed by atoms with Gasteiger partial charge in [-0.05, 0) is 48.5 Å². The molecule has 18 heavy (non-hydrogen) atoms. The molecular formula is C13H17BrN2OS. The monoisotopic (exact) mass is 328 g/mol. The third-order valence-electron chi connectivity index (χ3n) is 3.15. The zero-order valence-electron chi connectivity index (χ0n) is 10.1. The van der Waals surface area contributed by atoms with Gasteiger partial charge >= 0.3 is 0 Å². The number of benzene rings is 1. The van der Waals surface area contributed by atoms with Gasteiger partial charge in [-0.25, -0.2) is 0 Å². The van der Waals surface area contributed by atoms with E-state index in [1.54, 1.807) is 12.1 Å². The predicted molar refractivity (Wildman–Crippen MR) is 80.9 cm³/mol. The Balaban J connectivity index is 1.92. The van der Waals surface area contributed by atoms with Crippen molar-refractivity contribution < 1.29 is 4.79 Å². The molecule has 0 atom stereocenters. The van der Waals surface area contributed by atoms with Gasteiger partial charge in [0.25, 0.3) is 5.91 Å². The van der Waals surface area contributed by atoms with Crippen molar-refractivity contribution in [1.29, 1.82) is 0 Å². The van der Waals surface area contributed by atoms with Gasteiger partial charge in [-0.2, -0.15) is 11.8 Å². The molecule has 0 aliphatic carbocycles. The second-order valence-electron chi connectivity index (χ2n) is 4.50. The molecule has 0 bridgehead atoms. The van der Waals surface area contributed by atoms with E-state index < -0.39 is 0 Å². The van der Waals surface area contributed by atoms with E-state index in [1.807, 2.05) is 17.8 Å². The first-order valence-corrected chi connectivity index (χ1v) is 8.02. The Kier molecular flexibility index (Phi) is 4.95. The predicted octanol–water partition coefficient (Wildman–Crippen LogP) is 2.90. The van der Waals surface area contributed by atoms with Crippen molar-refractivity contribution in [2.45, 2.75) is 12.8 Å². The number of hydrogen-bond acceptors (Lipinski definition) is 3. The molecule has 1 heterocycles. The molecule has 3 N–H and O–H groups in total. The zero-order chi connectivity index (χ0) is 13.0. The van der Waals surface area contributed by atoms with Crippen molar-refractivity contribution in [2.75, 3.05) is 23.8 Å². The molecule has 1 amide bonds. The van der Waals surface area contributed by atoms with Crippen molar-refractivity contribution in [1.82, 2.24) is 5.32 Å². The number of nitrogens with one attached hydrogen (secondary N) is 1. The van der Waals surface area contributed by atoms with E-state index >= 15 is 0 Å². The van der Waals surface area contributed by atoms with Crippen LogP contribution in [0.15, 0.2) is 22.7 Å². The first-order chi connectivity index (χ1) is 8.66. The van der Waals surface area contributed by atoms with Crippen LogP contribution in [-0.2, 0) is 0 Å². The summed E-state index contributed by atoms with van der Waals surface area (Å²) < 4.78 is 0.871. The number of nitrogens with two attached hydrogens (primary N) is 1. The highest BCUT2D eigenvalue weighted by molar-refractivity contribution is 9.10. The van der Waals surface area contributed by atoms with Crippen molar-refractivity contribution in [3.63, 3.8) is 0 Å². The second kappa shape index (κ2) is 6.48. The molecule has 0 unspecified atom stereocenters. The van der Waals surface area contributed by atoms with Crippen LogP contribution in [0, 0.1) is 5.92 Å². The number of rotatable bonds is 3. The first-order valence-electron chi connectivity index (χ1n) is 6.08. The summed E-state index contributed by atoms with van der Waals surface area (Å²) in [5.41, 5.74) is 6.89. The van der Waals surface area contributed by atoms with Gasteiger partial charge in [-0.15, -0.1) is 0 Å². The van der Waals surface area contributed by atoms with Gasteiger partial charge in [0, 0.05) is 16.7 Å². The number of anilines is 1. The normalized spacial score (nSPS) is 16.5. The third kappa shape index (κ3) is 3.65. The molecule has 0 saturated carbocycles. The molecule has 1 fully saturated rings. The summed E-state index contributed by atoms with van der Waals surface area (Å²) >= 11 is 5.35. The fourth-order valence-corrected chi connectivity index (χ4v) is 3.57. The lowest BCUT2D eigenvalue weighted by atomic mass is 10.0. The number of thioether (sulfide) groups is 1. The van der Waals surface area contributed by atoms with Crippen LogP contribution >= 0.6 is 27.7 Å². The molecule has 1 aliphatic rings. The summed E-state index contributed by atoms with van der Waals surface area (Å²) in [6.45, 7) is 0.755. The molecule has 1 saturated heterocycles. The quantitative estimate of drug-likeness (QED) is 0.839. The number of hydrogen-bond donors (Lipinski definition) is 2. The average molecular weight is 329 g/mol. The summed E-state index contributed by atoms with van der Waals surface area (Å²) in [5.74, 6) is 2.95. The van der Waals surface area contributed by atoms with Crippen LogP contribution in [0.4, 0.5) is 5.69 Å². The van der Waals surface area contributed by atoms with Crippen LogP contribution in [0.3, 0.4) is 0 Å². The van der Waals surface area contributed by atoms with Gasteiger partial charge in [-0.3, -0.25) is 4.79 Å². The van der Waals surface area contributed by atoms with Crippen LogP contribution < -0.4 is 11.1 Å². The number of carbonyl (C=O) groups excluding carboxylic acids is 1.